The van der Waals surface area contributed by atoms with Crippen molar-refractivity contribution in [3.63, 3.8) is 0 Å². The Balaban J connectivity index is 1.42. The normalized spacial score (nSPS) is 15.7. The van der Waals surface area contributed by atoms with E-state index < -0.39 is 0 Å². The highest BCUT2D eigenvalue weighted by atomic mass is 35.5. The lowest BCUT2D eigenvalue weighted by Crippen LogP contribution is -2.34. The Bertz CT molecular complexity index is 817. The average Bonchev–Trinajstić information content (AvgIpc) is 3.27. The quantitative estimate of drug-likeness (QED) is 0.717. The first-order valence-corrected chi connectivity index (χ1v) is 8.80. The molecule has 1 saturated heterocycles. The number of piperidine rings is 1. The smallest absolute Gasteiger partial charge is 0.154 e. The molecular formula is C17H20ClN7. The third-order valence-electron chi connectivity index (χ3n) is 4.76. The van der Waals surface area contributed by atoms with E-state index in [9.17, 15) is 0 Å². The second kappa shape index (κ2) is 6.84. The highest BCUT2D eigenvalue weighted by molar-refractivity contribution is 6.30. The van der Waals surface area contributed by atoms with E-state index in [1.807, 2.05) is 36.1 Å². The van der Waals surface area contributed by atoms with E-state index >= 15 is 0 Å². The van der Waals surface area contributed by atoms with Crippen molar-refractivity contribution < 1.29 is 0 Å². The predicted molar refractivity (Wildman–Crippen MR) is 95.8 cm³/mol. The van der Waals surface area contributed by atoms with Gasteiger partial charge in [-0.3, -0.25) is 4.68 Å². The minimum Gasteiger partial charge on any atom is -0.357 e. The number of aromatic nitrogens is 6. The molecule has 0 aliphatic carbocycles. The van der Waals surface area contributed by atoms with Crippen LogP contribution in [-0.2, 0) is 13.6 Å². The summed E-state index contributed by atoms with van der Waals surface area (Å²) in [5.74, 6) is 3.40. The topological polar surface area (TPSA) is 64.7 Å². The van der Waals surface area contributed by atoms with Crippen LogP contribution in [0.1, 0.15) is 30.4 Å². The van der Waals surface area contributed by atoms with E-state index in [0.717, 1.165) is 43.4 Å². The first-order chi connectivity index (χ1) is 12.2. The van der Waals surface area contributed by atoms with Gasteiger partial charge in [0.25, 0.3) is 0 Å². The summed E-state index contributed by atoms with van der Waals surface area (Å²) in [5.41, 5.74) is 0. The molecule has 0 bridgehead atoms. The third-order valence-corrected chi connectivity index (χ3v) is 4.98. The van der Waals surface area contributed by atoms with Crippen molar-refractivity contribution in [1.82, 2.24) is 29.5 Å². The van der Waals surface area contributed by atoms with Crippen LogP contribution in [0.15, 0.2) is 36.8 Å². The highest BCUT2D eigenvalue weighted by Crippen LogP contribution is 2.29. The van der Waals surface area contributed by atoms with Gasteiger partial charge in [0, 0.05) is 44.6 Å². The Morgan fingerprint density at radius 1 is 1.20 bits per heavy atom. The maximum absolute atomic E-state index is 5.92. The van der Waals surface area contributed by atoms with Crippen LogP contribution in [0.3, 0.4) is 0 Å². The van der Waals surface area contributed by atoms with Crippen molar-refractivity contribution in [3.8, 4) is 0 Å². The Morgan fingerprint density at radius 3 is 2.72 bits per heavy atom. The number of hydrogen-bond acceptors (Lipinski definition) is 5. The van der Waals surface area contributed by atoms with Crippen LogP contribution in [0, 0.1) is 0 Å². The molecule has 0 radical (unpaired) electrons. The van der Waals surface area contributed by atoms with Gasteiger partial charge in [0.1, 0.15) is 18.2 Å². The van der Waals surface area contributed by atoms with E-state index in [-0.39, 0.29) is 0 Å². The predicted octanol–water partition coefficient (Wildman–Crippen LogP) is 2.49. The first-order valence-electron chi connectivity index (χ1n) is 8.43. The van der Waals surface area contributed by atoms with Gasteiger partial charge in [-0.1, -0.05) is 11.6 Å². The molecule has 0 aromatic carbocycles. The fourth-order valence-electron chi connectivity index (χ4n) is 3.33. The van der Waals surface area contributed by atoms with Gasteiger partial charge in [-0.05, 0) is 31.0 Å². The standard InChI is InChI=1S/C17H20ClN7/c1-23-16(12-25-8-2-7-20-25)21-22-17(23)13-5-9-24(10-6-13)15-4-3-14(18)11-19-15/h2-4,7-8,11,13H,5-6,9-10,12H2,1H3. The Labute approximate surface area is 151 Å². The first kappa shape index (κ1) is 16.1. The van der Waals surface area contributed by atoms with Gasteiger partial charge < -0.3 is 9.47 Å². The second-order valence-electron chi connectivity index (χ2n) is 6.33. The molecule has 1 fully saturated rings. The van der Waals surface area contributed by atoms with Gasteiger partial charge in [0.05, 0.1) is 5.02 Å². The molecule has 0 atom stereocenters. The second-order valence-corrected chi connectivity index (χ2v) is 6.77. The molecule has 8 heteroatoms. The van der Waals surface area contributed by atoms with E-state index in [1.54, 1.807) is 12.4 Å². The van der Waals surface area contributed by atoms with Crippen molar-refractivity contribution in [3.05, 3.63) is 53.5 Å². The SMILES string of the molecule is Cn1c(Cn2cccn2)nnc1C1CCN(c2ccc(Cl)cn2)CC1. The van der Waals surface area contributed by atoms with E-state index in [4.69, 9.17) is 11.6 Å². The molecule has 7 nitrogen and oxygen atoms in total. The van der Waals surface area contributed by atoms with Crippen LogP contribution < -0.4 is 4.90 Å². The summed E-state index contributed by atoms with van der Waals surface area (Å²) in [6.45, 7) is 2.56. The fraction of sp³-hybridized carbons (Fsp3) is 0.412. The molecule has 1 aliphatic heterocycles. The van der Waals surface area contributed by atoms with Crippen LogP contribution in [0.25, 0.3) is 0 Å². The summed E-state index contributed by atoms with van der Waals surface area (Å²) in [6.07, 6.45) is 7.49. The molecule has 4 rings (SSSR count). The Kier molecular flexibility index (Phi) is 4.40. The highest BCUT2D eigenvalue weighted by Gasteiger charge is 2.25. The van der Waals surface area contributed by atoms with Crippen molar-refractivity contribution in [2.75, 3.05) is 18.0 Å². The van der Waals surface area contributed by atoms with Gasteiger partial charge >= 0.3 is 0 Å². The van der Waals surface area contributed by atoms with Gasteiger partial charge in [0.2, 0.25) is 0 Å². The van der Waals surface area contributed by atoms with Crippen LogP contribution in [0.5, 0.6) is 0 Å². The molecule has 25 heavy (non-hydrogen) atoms. The lowest BCUT2D eigenvalue weighted by atomic mass is 9.96. The summed E-state index contributed by atoms with van der Waals surface area (Å²) in [4.78, 5) is 6.71. The van der Waals surface area contributed by atoms with E-state index in [1.165, 1.54) is 0 Å². The molecule has 3 aromatic rings. The van der Waals surface area contributed by atoms with E-state index in [2.05, 4.69) is 29.7 Å². The largest absolute Gasteiger partial charge is 0.357 e. The summed E-state index contributed by atoms with van der Waals surface area (Å²) in [5, 5.41) is 13.7. The molecule has 1 aliphatic rings. The van der Waals surface area contributed by atoms with Crippen LogP contribution in [-0.4, -0.2) is 42.6 Å². The number of pyridine rings is 1. The number of hydrogen-bond donors (Lipinski definition) is 0. The Hall–Kier alpha value is -2.41. The maximum atomic E-state index is 5.92. The van der Waals surface area contributed by atoms with Crippen LogP contribution >= 0.6 is 11.6 Å². The average molecular weight is 358 g/mol. The van der Waals surface area contributed by atoms with Crippen LogP contribution in [0.2, 0.25) is 5.02 Å². The number of anilines is 1. The molecule has 0 unspecified atom stereocenters. The molecule has 130 valence electrons. The van der Waals surface area contributed by atoms with Crippen molar-refractivity contribution in [2.45, 2.75) is 25.3 Å². The van der Waals surface area contributed by atoms with Crippen molar-refractivity contribution in [1.29, 1.82) is 0 Å². The minimum absolute atomic E-state index is 0.424. The monoisotopic (exact) mass is 357 g/mol. The zero-order valence-electron chi connectivity index (χ0n) is 14.1. The van der Waals surface area contributed by atoms with Crippen molar-refractivity contribution >= 4 is 17.4 Å². The lowest BCUT2D eigenvalue weighted by molar-refractivity contribution is 0.469. The Morgan fingerprint density at radius 2 is 2.04 bits per heavy atom. The third kappa shape index (κ3) is 3.37. The summed E-state index contributed by atoms with van der Waals surface area (Å²) in [7, 11) is 2.04. The van der Waals surface area contributed by atoms with E-state index in [0.29, 0.717) is 17.5 Å². The summed E-state index contributed by atoms with van der Waals surface area (Å²) < 4.78 is 3.98. The fourth-order valence-corrected chi connectivity index (χ4v) is 3.44. The lowest BCUT2D eigenvalue weighted by Gasteiger charge is -2.32. The van der Waals surface area contributed by atoms with Gasteiger partial charge in [0.15, 0.2) is 5.82 Å². The summed E-state index contributed by atoms with van der Waals surface area (Å²) >= 11 is 5.92. The number of halogens is 1. The summed E-state index contributed by atoms with van der Waals surface area (Å²) in [6, 6.07) is 5.78. The zero-order valence-corrected chi connectivity index (χ0v) is 14.8. The van der Waals surface area contributed by atoms with Gasteiger partial charge in [-0.2, -0.15) is 5.10 Å². The molecule has 4 heterocycles. The zero-order chi connectivity index (χ0) is 17.2. The molecule has 0 saturated carbocycles. The molecule has 3 aromatic heterocycles. The van der Waals surface area contributed by atoms with Gasteiger partial charge in [-0.25, -0.2) is 4.98 Å². The molecule has 0 N–H and O–H groups in total. The molecular weight excluding hydrogens is 338 g/mol. The molecule has 0 spiro atoms. The number of rotatable bonds is 4. The van der Waals surface area contributed by atoms with Gasteiger partial charge in [-0.15, -0.1) is 10.2 Å². The van der Waals surface area contributed by atoms with Crippen molar-refractivity contribution in [2.24, 2.45) is 7.05 Å². The maximum Gasteiger partial charge on any atom is 0.154 e. The molecule has 0 amide bonds. The minimum atomic E-state index is 0.424. The number of nitrogens with zero attached hydrogens (tertiary/aromatic N) is 7. The van der Waals surface area contributed by atoms with Crippen LogP contribution in [0.4, 0.5) is 5.82 Å².